The van der Waals surface area contributed by atoms with Gasteiger partial charge in [-0.05, 0) is 31.7 Å². The molecule has 3 N–H and O–H groups in total. The van der Waals surface area contributed by atoms with Crippen molar-refractivity contribution >= 4 is 23.2 Å². The SMILES string of the molecule is Cc1cc(C(N)=S)nc(NCCCC2CC2)n1. The first-order valence-electron chi connectivity index (χ1n) is 6.04. The molecule has 1 aromatic rings. The number of nitrogens with zero attached hydrogens (tertiary/aromatic N) is 2. The second-order valence-electron chi connectivity index (χ2n) is 4.59. The Hall–Kier alpha value is -1.23. The molecule has 0 aromatic carbocycles. The highest BCUT2D eigenvalue weighted by Crippen LogP contribution is 2.33. The maximum atomic E-state index is 5.57. The number of nitrogens with two attached hydrogens (primary N) is 1. The van der Waals surface area contributed by atoms with Gasteiger partial charge in [-0.2, -0.15) is 0 Å². The van der Waals surface area contributed by atoms with Crippen molar-refractivity contribution in [3.05, 3.63) is 17.5 Å². The first-order chi connectivity index (χ1) is 8.15. The van der Waals surface area contributed by atoms with Crippen LogP contribution in [0.3, 0.4) is 0 Å². The maximum absolute atomic E-state index is 5.57. The summed E-state index contributed by atoms with van der Waals surface area (Å²) >= 11 is 4.92. The Kier molecular flexibility index (Phi) is 3.89. The zero-order valence-corrected chi connectivity index (χ0v) is 10.9. The third-order valence-corrected chi connectivity index (χ3v) is 3.08. The van der Waals surface area contributed by atoms with Crippen molar-refractivity contribution in [3.63, 3.8) is 0 Å². The second kappa shape index (κ2) is 5.40. The number of hydrogen-bond donors (Lipinski definition) is 2. The van der Waals surface area contributed by atoms with Crippen molar-refractivity contribution in [1.82, 2.24) is 9.97 Å². The molecule has 17 heavy (non-hydrogen) atoms. The van der Waals surface area contributed by atoms with E-state index in [0.29, 0.717) is 16.6 Å². The fourth-order valence-corrected chi connectivity index (χ4v) is 1.88. The summed E-state index contributed by atoms with van der Waals surface area (Å²) in [6.45, 7) is 2.83. The van der Waals surface area contributed by atoms with Crippen LogP contribution in [0.25, 0.3) is 0 Å². The number of aryl methyl sites for hydroxylation is 1. The van der Waals surface area contributed by atoms with Crippen molar-refractivity contribution in [1.29, 1.82) is 0 Å². The molecule has 0 amide bonds. The summed E-state index contributed by atoms with van der Waals surface area (Å²) in [4.78, 5) is 8.90. The summed E-state index contributed by atoms with van der Waals surface area (Å²) in [6, 6.07) is 1.80. The van der Waals surface area contributed by atoms with Crippen LogP contribution in [0.4, 0.5) is 5.95 Å². The Labute approximate surface area is 107 Å². The molecule has 1 aliphatic carbocycles. The first kappa shape index (κ1) is 12.2. The van der Waals surface area contributed by atoms with E-state index in [2.05, 4.69) is 15.3 Å². The number of anilines is 1. The minimum atomic E-state index is 0.316. The molecule has 1 saturated carbocycles. The zero-order chi connectivity index (χ0) is 12.3. The summed E-state index contributed by atoms with van der Waals surface area (Å²) < 4.78 is 0. The lowest BCUT2D eigenvalue weighted by molar-refractivity contribution is 0.685. The number of rotatable bonds is 6. The predicted molar refractivity (Wildman–Crippen MR) is 73.1 cm³/mol. The van der Waals surface area contributed by atoms with Crippen LogP contribution in [-0.4, -0.2) is 21.5 Å². The lowest BCUT2D eigenvalue weighted by atomic mass is 10.2. The van der Waals surface area contributed by atoms with E-state index in [1.165, 1.54) is 25.7 Å². The Balaban J connectivity index is 1.87. The van der Waals surface area contributed by atoms with Gasteiger partial charge in [0.25, 0.3) is 0 Å². The Morgan fingerprint density at radius 2 is 2.29 bits per heavy atom. The average molecular weight is 250 g/mol. The van der Waals surface area contributed by atoms with Crippen LogP contribution >= 0.6 is 12.2 Å². The molecule has 2 rings (SSSR count). The summed E-state index contributed by atoms with van der Waals surface area (Å²) in [5.74, 6) is 1.60. The molecule has 1 heterocycles. The molecule has 4 nitrogen and oxygen atoms in total. The van der Waals surface area contributed by atoms with Crippen LogP contribution in [0.1, 0.15) is 37.1 Å². The molecule has 92 valence electrons. The number of nitrogens with one attached hydrogen (secondary N) is 1. The fraction of sp³-hybridized carbons (Fsp3) is 0.583. The van der Waals surface area contributed by atoms with Crippen molar-refractivity contribution in [3.8, 4) is 0 Å². The van der Waals surface area contributed by atoms with Crippen molar-refractivity contribution in [2.45, 2.75) is 32.6 Å². The van der Waals surface area contributed by atoms with E-state index < -0.39 is 0 Å². The molecule has 5 heteroatoms. The number of aromatic nitrogens is 2. The third kappa shape index (κ3) is 3.93. The molecule has 0 bridgehead atoms. The minimum absolute atomic E-state index is 0.316. The van der Waals surface area contributed by atoms with E-state index in [-0.39, 0.29) is 0 Å². The molecule has 0 aliphatic heterocycles. The smallest absolute Gasteiger partial charge is 0.223 e. The lowest BCUT2D eigenvalue weighted by Crippen LogP contribution is -2.15. The highest BCUT2D eigenvalue weighted by atomic mass is 32.1. The lowest BCUT2D eigenvalue weighted by Gasteiger charge is -2.07. The average Bonchev–Trinajstić information content (AvgIpc) is 3.07. The molecule has 0 spiro atoms. The van der Waals surface area contributed by atoms with Gasteiger partial charge in [0.1, 0.15) is 10.7 Å². The van der Waals surface area contributed by atoms with Crippen LogP contribution in [-0.2, 0) is 0 Å². The monoisotopic (exact) mass is 250 g/mol. The van der Waals surface area contributed by atoms with Gasteiger partial charge in [-0.3, -0.25) is 0 Å². The molecule has 0 unspecified atom stereocenters. The van der Waals surface area contributed by atoms with Crippen LogP contribution in [0.5, 0.6) is 0 Å². The maximum Gasteiger partial charge on any atom is 0.223 e. The summed E-state index contributed by atoms with van der Waals surface area (Å²) in [5, 5.41) is 3.23. The van der Waals surface area contributed by atoms with Crippen LogP contribution < -0.4 is 11.1 Å². The van der Waals surface area contributed by atoms with Gasteiger partial charge in [-0.1, -0.05) is 25.1 Å². The summed E-state index contributed by atoms with van der Waals surface area (Å²) in [6.07, 6.45) is 5.30. The number of hydrogen-bond acceptors (Lipinski definition) is 4. The zero-order valence-electron chi connectivity index (χ0n) is 10.1. The van der Waals surface area contributed by atoms with Crippen molar-refractivity contribution < 1.29 is 0 Å². The van der Waals surface area contributed by atoms with Gasteiger partial charge in [-0.15, -0.1) is 0 Å². The highest BCUT2D eigenvalue weighted by molar-refractivity contribution is 7.80. The van der Waals surface area contributed by atoms with Gasteiger partial charge < -0.3 is 11.1 Å². The molecule has 1 fully saturated rings. The molecule has 1 aromatic heterocycles. The van der Waals surface area contributed by atoms with Gasteiger partial charge >= 0.3 is 0 Å². The minimum Gasteiger partial charge on any atom is -0.388 e. The first-order valence-corrected chi connectivity index (χ1v) is 6.45. The largest absolute Gasteiger partial charge is 0.388 e. The van der Waals surface area contributed by atoms with Gasteiger partial charge in [0, 0.05) is 12.2 Å². The molecule has 1 aliphatic rings. The topological polar surface area (TPSA) is 63.8 Å². The standard InChI is InChI=1S/C12H18N4S/c1-8-7-10(11(13)17)16-12(15-8)14-6-2-3-9-4-5-9/h7,9H,2-6H2,1H3,(H2,13,17)(H,14,15,16). The van der Waals surface area contributed by atoms with Crippen LogP contribution in [0.15, 0.2) is 6.07 Å². The molecule has 0 saturated heterocycles. The van der Waals surface area contributed by atoms with Gasteiger partial charge in [0.15, 0.2) is 0 Å². The van der Waals surface area contributed by atoms with Crippen molar-refractivity contribution in [2.24, 2.45) is 11.7 Å². The summed E-state index contributed by atoms with van der Waals surface area (Å²) in [7, 11) is 0. The van der Waals surface area contributed by atoms with E-state index in [1.807, 2.05) is 6.92 Å². The molecule has 0 radical (unpaired) electrons. The fourth-order valence-electron chi connectivity index (χ4n) is 1.77. The molecule has 0 atom stereocenters. The van der Waals surface area contributed by atoms with Gasteiger partial charge in [0.05, 0.1) is 0 Å². The molecular weight excluding hydrogens is 232 g/mol. The van der Waals surface area contributed by atoms with Crippen molar-refractivity contribution in [2.75, 3.05) is 11.9 Å². The third-order valence-electron chi connectivity index (χ3n) is 2.88. The van der Waals surface area contributed by atoms with E-state index in [9.17, 15) is 0 Å². The van der Waals surface area contributed by atoms with Gasteiger partial charge in [-0.25, -0.2) is 9.97 Å². The van der Waals surface area contributed by atoms with E-state index >= 15 is 0 Å². The summed E-state index contributed by atoms with van der Waals surface area (Å²) in [5.41, 5.74) is 7.09. The van der Waals surface area contributed by atoms with E-state index in [4.69, 9.17) is 18.0 Å². The Morgan fingerprint density at radius 3 is 2.94 bits per heavy atom. The quantitative estimate of drug-likeness (QED) is 0.597. The van der Waals surface area contributed by atoms with Crippen LogP contribution in [0.2, 0.25) is 0 Å². The Morgan fingerprint density at radius 1 is 1.53 bits per heavy atom. The Bertz CT molecular complexity index is 415. The van der Waals surface area contributed by atoms with Gasteiger partial charge in [0.2, 0.25) is 5.95 Å². The molecular formula is C12H18N4S. The van der Waals surface area contributed by atoms with E-state index in [1.54, 1.807) is 6.07 Å². The normalized spacial score (nSPS) is 14.6. The highest BCUT2D eigenvalue weighted by Gasteiger charge is 2.19. The van der Waals surface area contributed by atoms with Crippen LogP contribution in [0, 0.1) is 12.8 Å². The predicted octanol–water partition coefficient (Wildman–Crippen LogP) is 2.02. The number of thiocarbonyl (C=S) groups is 1. The second-order valence-corrected chi connectivity index (χ2v) is 5.03. The van der Waals surface area contributed by atoms with E-state index in [0.717, 1.165) is 18.2 Å².